The van der Waals surface area contributed by atoms with Gasteiger partial charge in [-0.15, -0.1) is 0 Å². The molecule has 3 nitrogen and oxygen atoms in total. The average Bonchev–Trinajstić information content (AvgIpc) is 2.17. The number of benzene rings is 1. The van der Waals surface area contributed by atoms with Crippen molar-refractivity contribution in [3.05, 3.63) is 29.8 Å². The summed E-state index contributed by atoms with van der Waals surface area (Å²) in [5.74, 6) is 0. The van der Waals surface area contributed by atoms with Crippen molar-refractivity contribution in [1.29, 1.82) is 0 Å². The first-order valence-electron chi connectivity index (χ1n) is 4.07. The van der Waals surface area contributed by atoms with Crippen molar-refractivity contribution in [3.63, 3.8) is 0 Å². The highest BCUT2D eigenvalue weighted by atomic mass is 32.2. The monoisotopic (exact) mass is 292 g/mol. The largest absolute Gasteiger partial charge is 0.741 e. The molecule has 0 aliphatic heterocycles. The third-order valence-electron chi connectivity index (χ3n) is 1.46. The Morgan fingerprint density at radius 2 is 1.53 bits per heavy atom. The highest BCUT2D eigenvalue weighted by Gasteiger charge is 2.36. The second-order valence-electron chi connectivity index (χ2n) is 2.85. The van der Waals surface area contributed by atoms with Gasteiger partial charge in [-0.25, -0.2) is 12.8 Å². The number of hydrogen-bond donors (Lipinski definition) is 0. The topological polar surface area (TPSA) is 57.2 Å². The molecule has 98 valence electrons. The van der Waals surface area contributed by atoms with Crippen molar-refractivity contribution < 1.29 is 30.5 Å². The summed E-state index contributed by atoms with van der Waals surface area (Å²) in [4.78, 5) is 0. The summed E-state index contributed by atoms with van der Waals surface area (Å²) in [5.41, 5.74) is -4.89. The molecule has 0 aliphatic rings. The number of halogens is 4. The Balaban J connectivity index is 0.000000304. The molecule has 1 unspecified atom stereocenters. The Morgan fingerprint density at radius 1 is 1.18 bits per heavy atom. The molecular formula is C8H9F4O3PS. The van der Waals surface area contributed by atoms with Gasteiger partial charge in [0.1, 0.15) is 6.67 Å². The maximum Gasteiger partial charge on any atom is 0.485 e. The normalized spacial score (nSPS) is 11.8. The van der Waals surface area contributed by atoms with E-state index in [-0.39, 0.29) is 6.67 Å². The Bertz CT molecular complexity index is 441. The van der Waals surface area contributed by atoms with Crippen LogP contribution in [0, 0.1) is 0 Å². The fraction of sp³-hybridized carbons (Fsp3) is 0.250. The summed E-state index contributed by atoms with van der Waals surface area (Å²) in [6.07, 6.45) is 0. The van der Waals surface area contributed by atoms with Crippen LogP contribution in [0.2, 0.25) is 0 Å². The minimum Gasteiger partial charge on any atom is -0.741 e. The van der Waals surface area contributed by atoms with E-state index in [0.29, 0.717) is 0 Å². The van der Waals surface area contributed by atoms with Gasteiger partial charge in [0.05, 0.1) is 5.30 Å². The third kappa shape index (κ3) is 6.55. The van der Waals surface area contributed by atoms with Gasteiger partial charge >= 0.3 is 5.51 Å². The van der Waals surface area contributed by atoms with E-state index in [0.717, 1.165) is 5.56 Å². The lowest BCUT2D eigenvalue weighted by Crippen LogP contribution is -2.21. The Labute approximate surface area is 97.8 Å². The fourth-order valence-corrected chi connectivity index (χ4v) is 0.864. The van der Waals surface area contributed by atoms with Gasteiger partial charge in [-0.2, -0.15) is 13.2 Å². The lowest BCUT2D eigenvalue weighted by molar-refractivity contribution is -0.0517. The molecule has 9 heteroatoms. The van der Waals surface area contributed by atoms with Crippen LogP contribution in [0.1, 0.15) is 5.56 Å². The molecule has 0 amide bonds. The predicted octanol–water partition coefficient (Wildman–Crippen LogP) is 1.44. The van der Waals surface area contributed by atoms with Crippen LogP contribution in [0.5, 0.6) is 0 Å². The Morgan fingerprint density at radius 3 is 1.76 bits per heavy atom. The zero-order valence-corrected chi connectivity index (χ0v) is 10.6. The van der Waals surface area contributed by atoms with Gasteiger partial charge in [0, 0.05) is 9.24 Å². The maximum atomic E-state index is 11.9. The molecule has 0 N–H and O–H groups in total. The van der Waals surface area contributed by atoms with Crippen LogP contribution in [-0.2, 0) is 16.8 Å². The zero-order chi connectivity index (χ0) is 13.7. The van der Waals surface area contributed by atoms with Crippen LogP contribution in [0.3, 0.4) is 0 Å². The summed E-state index contributed by atoms with van der Waals surface area (Å²) in [5, 5.41) is 1.20. The number of alkyl halides is 4. The third-order valence-corrected chi connectivity index (χ3v) is 2.50. The highest BCUT2D eigenvalue weighted by Crippen LogP contribution is 2.20. The highest BCUT2D eigenvalue weighted by molar-refractivity contribution is 7.86. The molecule has 1 aromatic rings. The van der Waals surface area contributed by atoms with Gasteiger partial charge in [-0.05, 0) is 17.7 Å². The Hall–Kier alpha value is -0.720. The lowest BCUT2D eigenvalue weighted by atomic mass is 10.2. The molecule has 1 rings (SSSR count). The fourth-order valence-electron chi connectivity index (χ4n) is 0.628. The molecule has 0 spiro atoms. The SMILES string of the molecule is FCc1ccc([PH3+])cc1.O=S(=O)([O-])C(F)(F)F. The van der Waals surface area contributed by atoms with Crippen LogP contribution in [0.4, 0.5) is 17.6 Å². The van der Waals surface area contributed by atoms with Crippen molar-refractivity contribution in [2.24, 2.45) is 0 Å². The molecule has 1 atom stereocenters. The molecule has 1 aromatic carbocycles. The quantitative estimate of drug-likeness (QED) is 0.340. The first-order valence-corrected chi connectivity index (χ1v) is 6.18. The van der Waals surface area contributed by atoms with E-state index in [2.05, 4.69) is 0 Å². The molecule has 0 bridgehead atoms. The second-order valence-corrected chi connectivity index (χ2v) is 5.04. The van der Waals surface area contributed by atoms with E-state index in [1.165, 1.54) is 5.30 Å². The van der Waals surface area contributed by atoms with Crippen LogP contribution in [0.15, 0.2) is 24.3 Å². The van der Waals surface area contributed by atoms with Crippen LogP contribution >= 0.6 is 9.24 Å². The second kappa shape index (κ2) is 6.28. The van der Waals surface area contributed by atoms with Gasteiger partial charge in [0.2, 0.25) is 0 Å². The van der Waals surface area contributed by atoms with E-state index in [1.54, 1.807) is 9.24 Å². The number of rotatable bonds is 1. The molecule has 0 aliphatic carbocycles. The van der Waals surface area contributed by atoms with Crippen LogP contribution in [-0.4, -0.2) is 18.5 Å². The van der Waals surface area contributed by atoms with E-state index in [9.17, 15) is 17.6 Å². The van der Waals surface area contributed by atoms with Gasteiger partial charge in [-0.3, -0.25) is 0 Å². The summed E-state index contributed by atoms with van der Waals surface area (Å²) >= 11 is 0. The van der Waals surface area contributed by atoms with E-state index < -0.39 is 15.6 Å². The van der Waals surface area contributed by atoms with Gasteiger partial charge in [0.25, 0.3) is 0 Å². The van der Waals surface area contributed by atoms with Crippen LogP contribution in [0.25, 0.3) is 0 Å². The predicted molar refractivity (Wildman–Crippen MR) is 57.7 cm³/mol. The summed E-state index contributed by atoms with van der Waals surface area (Å²) < 4.78 is 70.8. The van der Waals surface area contributed by atoms with Crippen molar-refractivity contribution in [3.8, 4) is 0 Å². The standard InChI is InChI=1S/C7H8FP.CHF3O3S/c8-5-6-1-3-7(9)4-2-6;2-1(3,4)8(5,6)7/h1-4H,5,9H2;(H,5,6,7). The van der Waals surface area contributed by atoms with Crippen LogP contribution < -0.4 is 5.30 Å². The maximum absolute atomic E-state index is 11.9. The number of hydrogen-bond acceptors (Lipinski definition) is 3. The summed E-state index contributed by atoms with van der Waals surface area (Å²) in [6, 6.07) is 7.46. The van der Waals surface area contributed by atoms with Crippen molar-refractivity contribution in [2.45, 2.75) is 12.2 Å². The first kappa shape index (κ1) is 16.3. The van der Waals surface area contributed by atoms with Crippen molar-refractivity contribution in [1.82, 2.24) is 0 Å². The van der Waals surface area contributed by atoms with Crippen molar-refractivity contribution >= 4 is 24.7 Å². The van der Waals surface area contributed by atoms with E-state index in [1.807, 2.05) is 24.3 Å². The Kier molecular flexibility index (Phi) is 6.01. The molecule has 0 saturated carbocycles. The van der Waals surface area contributed by atoms with Crippen molar-refractivity contribution in [2.75, 3.05) is 0 Å². The molecular weight excluding hydrogens is 283 g/mol. The van der Waals surface area contributed by atoms with Gasteiger partial charge in [-0.1, -0.05) is 12.1 Å². The first-order chi connectivity index (χ1) is 7.58. The molecule has 0 aromatic heterocycles. The van der Waals surface area contributed by atoms with Gasteiger partial charge < -0.3 is 4.55 Å². The van der Waals surface area contributed by atoms with Gasteiger partial charge in [0.15, 0.2) is 10.1 Å². The lowest BCUT2D eigenvalue weighted by Gasteiger charge is -2.08. The van der Waals surface area contributed by atoms with E-state index in [4.69, 9.17) is 13.0 Å². The zero-order valence-electron chi connectivity index (χ0n) is 8.37. The molecule has 0 saturated heterocycles. The molecule has 17 heavy (non-hydrogen) atoms. The molecule has 0 heterocycles. The minimum atomic E-state index is -6.09. The minimum absolute atomic E-state index is 0.358. The summed E-state index contributed by atoms with van der Waals surface area (Å²) in [6.45, 7) is -0.358. The molecule has 0 radical (unpaired) electrons. The smallest absolute Gasteiger partial charge is 0.485 e. The average molecular weight is 292 g/mol. The van der Waals surface area contributed by atoms with E-state index >= 15 is 0 Å². The summed E-state index contributed by atoms with van der Waals surface area (Å²) in [7, 11) is -4.29. The molecule has 0 fully saturated rings.